The third-order valence-corrected chi connectivity index (χ3v) is 5.17. The lowest BCUT2D eigenvalue weighted by atomic mass is 10.1. The summed E-state index contributed by atoms with van der Waals surface area (Å²) in [6, 6.07) is 15.9. The zero-order valence-electron chi connectivity index (χ0n) is 19.6. The van der Waals surface area contributed by atoms with Crippen LogP contribution in [-0.4, -0.2) is 47.4 Å². The molecule has 0 N–H and O–H groups in total. The number of carbonyl (C=O) groups is 1. The molecule has 2 rings (SSSR count). The average molecular weight is 429 g/mol. The van der Waals surface area contributed by atoms with Crippen molar-refractivity contribution in [3.05, 3.63) is 54.1 Å². The second kappa shape index (κ2) is 13.0. The zero-order chi connectivity index (χ0) is 22.5. The zero-order valence-corrected chi connectivity index (χ0v) is 19.6. The van der Waals surface area contributed by atoms with E-state index in [1.54, 1.807) is 7.11 Å². The van der Waals surface area contributed by atoms with Crippen LogP contribution in [0.3, 0.4) is 0 Å². The van der Waals surface area contributed by atoms with Crippen LogP contribution in [0.4, 0.5) is 5.69 Å². The predicted octanol–water partition coefficient (Wildman–Crippen LogP) is 5.40. The molecule has 0 saturated heterocycles. The summed E-state index contributed by atoms with van der Waals surface area (Å²) in [7, 11) is 8.03. The topological polar surface area (TPSA) is 44.8 Å². The maximum absolute atomic E-state index is 12.0. The number of nitrogens with zero attached hydrogens (tertiary/aromatic N) is 1. The lowest BCUT2D eigenvalue weighted by Crippen LogP contribution is -2.34. The Bertz CT molecular complexity index is 781. The number of ether oxygens (including phenoxy) is 3. The Morgan fingerprint density at radius 2 is 1.42 bits per heavy atom. The summed E-state index contributed by atoms with van der Waals surface area (Å²) < 4.78 is 17.1. The van der Waals surface area contributed by atoms with E-state index in [1.807, 2.05) is 36.4 Å². The minimum atomic E-state index is -0.146. The highest BCUT2D eigenvalue weighted by molar-refractivity contribution is 5.72. The molecule has 170 valence electrons. The van der Waals surface area contributed by atoms with Gasteiger partial charge in [0.25, 0.3) is 0 Å². The van der Waals surface area contributed by atoms with Gasteiger partial charge in [0, 0.05) is 6.07 Å². The van der Waals surface area contributed by atoms with E-state index in [0.29, 0.717) is 13.0 Å². The number of rotatable bonds is 14. The molecule has 0 fully saturated rings. The van der Waals surface area contributed by atoms with Crippen LogP contribution in [0.1, 0.15) is 44.1 Å². The third kappa shape index (κ3) is 9.88. The van der Waals surface area contributed by atoms with Gasteiger partial charge in [-0.3, -0.25) is 9.28 Å². The number of esters is 1. The number of carbonyl (C=O) groups excluding carboxylic acids is 1. The van der Waals surface area contributed by atoms with Gasteiger partial charge in [-0.25, -0.2) is 0 Å². The Labute approximate surface area is 187 Å². The van der Waals surface area contributed by atoms with Gasteiger partial charge in [-0.15, -0.1) is 0 Å². The van der Waals surface area contributed by atoms with Crippen molar-refractivity contribution in [3.63, 3.8) is 0 Å². The summed E-state index contributed by atoms with van der Waals surface area (Å²) in [5, 5.41) is 0. The highest BCUT2D eigenvalue weighted by atomic mass is 16.5. The molecule has 0 aliphatic rings. The Hall–Kier alpha value is -2.53. The van der Waals surface area contributed by atoms with Crippen molar-refractivity contribution < 1.29 is 19.0 Å². The van der Waals surface area contributed by atoms with E-state index in [9.17, 15) is 4.79 Å². The number of hydrogen-bond donors (Lipinski definition) is 0. The molecule has 0 radical (unpaired) electrons. The summed E-state index contributed by atoms with van der Waals surface area (Å²) in [4.78, 5) is 12.0. The normalized spacial score (nSPS) is 11.2. The van der Waals surface area contributed by atoms with Gasteiger partial charge in [-0.2, -0.15) is 0 Å². The van der Waals surface area contributed by atoms with Gasteiger partial charge in [0.1, 0.15) is 17.2 Å². The Morgan fingerprint density at radius 1 is 0.806 bits per heavy atom. The largest absolute Gasteiger partial charge is 0.497 e. The van der Waals surface area contributed by atoms with Crippen LogP contribution in [-0.2, 0) is 16.0 Å². The number of methoxy groups -OCH3 is 1. The Morgan fingerprint density at radius 3 is 2.06 bits per heavy atom. The Kier molecular flexibility index (Phi) is 10.4. The van der Waals surface area contributed by atoms with Gasteiger partial charge in [0.2, 0.25) is 0 Å². The molecule has 0 atom stereocenters. The molecule has 5 heteroatoms. The quantitative estimate of drug-likeness (QED) is 0.230. The number of hydrogen-bond acceptors (Lipinski definition) is 4. The number of quaternary nitrogens is 1. The summed E-state index contributed by atoms with van der Waals surface area (Å²) >= 11 is 0. The van der Waals surface area contributed by atoms with Crippen LogP contribution in [0.2, 0.25) is 0 Å². The van der Waals surface area contributed by atoms with E-state index >= 15 is 0 Å². The maximum Gasteiger partial charge on any atom is 0.310 e. The van der Waals surface area contributed by atoms with Gasteiger partial charge in [-0.1, -0.05) is 43.9 Å². The smallest absolute Gasteiger partial charge is 0.310 e. The molecule has 5 nitrogen and oxygen atoms in total. The number of unbranched alkanes of at least 4 members (excludes halogenated alkanes) is 5. The van der Waals surface area contributed by atoms with Crippen molar-refractivity contribution in [2.24, 2.45) is 0 Å². The highest BCUT2D eigenvalue weighted by Crippen LogP contribution is 2.19. The van der Waals surface area contributed by atoms with Crippen molar-refractivity contribution in [3.8, 4) is 11.5 Å². The van der Waals surface area contributed by atoms with E-state index in [4.69, 9.17) is 14.2 Å². The Balaban J connectivity index is 1.46. The summed E-state index contributed by atoms with van der Waals surface area (Å²) in [6.45, 7) is 1.23. The van der Waals surface area contributed by atoms with E-state index in [-0.39, 0.29) is 5.97 Å². The second-order valence-corrected chi connectivity index (χ2v) is 8.72. The fraction of sp³-hybridized carbons (Fsp3) is 0.500. The third-order valence-electron chi connectivity index (χ3n) is 5.17. The van der Waals surface area contributed by atoms with E-state index in [1.165, 1.54) is 12.1 Å². The van der Waals surface area contributed by atoms with Crippen molar-refractivity contribution in [1.29, 1.82) is 0 Å². The fourth-order valence-electron chi connectivity index (χ4n) is 3.26. The molecule has 0 aromatic heterocycles. The summed E-state index contributed by atoms with van der Waals surface area (Å²) in [6.07, 6.45) is 6.86. The summed E-state index contributed by atoms with van der Waals surface area (Å²) in [5.74, 6) is 1.52. The average Bonchev–Trinajstić information content (AvgIpc) is 2.75. The van der Waals surface area contributed by atoms with Gasteiger partial charge < -0.3 is 14.2 Å². The number of benzene rings is 2. The van der Waals surface area contributed by atoms with Crippen LogP contribution in [0, 0.1) is 0 Å². The second-order valence-electron chi connectivity index (χ2n) is 8.72. The van der Waals surface area contributed by atoms with Crippen molar-refractivity contribution in [1.82, 2.24) is 4.48 Å². The molecule has 0 aliphatic carbocycles. The lowest BCUT2D eigenvalue weighted by Gasteiger charge is -2.23. The van der Waals surface area contributed by atoms with Crippen LogP contribution in [0.5, 0.6) is 11.5 Å². The molecule has 2 aromatic carbocycles. The first-order chi connectivity index (χ1) is 14.9. The van der Waals surface area contributed by atoms with E-state index < -0.39 is 0 Å². The molecule has 31 heavy (non-hydrogen) atoms. The van der Waals surface area contributed by atoms with Gasteiger partial charge >= 0.3 is 5.97 Å². The molecule has 0 unspecified atom stereocenters. The van der Waals surface area contributed by atoms with Crippen molar-refractivity contribution >= 4 is 11.7 Å². The minimum Gasteiger partial charge on any atom is -0.497 e. The van der Waals surface area contributed by atoms with Crippen LogP contribution in [0.25, 0.3) is 0 Å². The molecule has 0 spiro atoms. The van der Waals surface area contributed by atoms with Crippen LogP contribution >= 0.6 is 0 Å². The van der Waals surface area contributed by atoms with E-state index in [2.05, 4.69) is 33.3 Å². The minimum absolute atomic E-state index is 0.146. The molecule has 0 aliphatic heterocycles. The highest BCUT2D eigenvalue weighted by Gasteiger charge is 2.12. The molecule has 2 aromatic rings. The summed E-state index contributed by atoms with van der Waals surface area (Å²) in [5.41, 5.74) is 2.21. The first-order valence-electron chi connectivity index (χ1n) is 11.2. The maximum atomic E-state index is 12.0. The van der Waals surface area contributed by atoms with Crippen molar-refractivity contribution in [2.75, 3.05) is 41.5 Å². The lowest BCUT2D eigenvalue weighted by molar-refractivity contribution is -0.142. The van der Waals surface area contributed by atoms with Crippen LogP contribution in [0.15, 0.2) is 48.5 Å². The predicted molar refractivity (Wildman–Crippen MR) is 127 cm³/mol. The van der Waals surface area contributed by atoms with Gasteiger partial charge in [0.15, 0.2) is 0 Å². The molecule has 0 heterocycles. The molecule has 0 saturated carbocycles. The first kappa shape index (κ1) is 24.7. The van der Waals surface area contributed by atoms with Crippen LogP contribution < -0.4 is 14.0 Å². The monoisotopic (exact) mass is 428 g/mol. The standard InChI is InChI=1S/C26H38NO4/c1-27(2,3)23-16-14-22(15-17-23)20-26(28)31-19-10-8-6-5-7-9-18-30-25-13-11-12-24(21-25)29-4/h11-17,21H,5-10,18-20H2,1-4H3/q+1. The van der Waals surface area contributed by atoms with Crippen molar-refractivity contribution in [2.45, 2.75) is 44.9 Å². The fourth-order valence-corrected chi connectivity index (χ4v) is 3.26. The molecule has 0 amide bonds. The SMILES string of the molecule is COc1cccc(OCCCCCCCCOC(=O)Cc2ccc([N+](C)(C)C)cc2)c1. The molecular formula is C26H38NO4+. The van der Waals surface area contributed by atoms with Gasteiger partial charge in [-0.05, 0) is 42.7 Å². The molecule has 0 bridgehead atoms. The molecular weight excluding hydrogens is 390 g/mol. The van der Waals surface area contributed by atoms with Gasteiger partial charge in [0.05, 0.1) is 47.9 Å². The van der Waals surface area contributed by atoms with E-state index in [0.717, 1.165) is 60.3 Å². The first-order valence-corrected chi connectivity index (χ1v) is 11.2.